The number of nitrogens with zero attached hydrogens (tertiary/aromatic N) is 1. The summed E-state index contributed by atoms with van der Waals surface area (Å²) in [7, 11) is 1.99. The van der Waals surface area contributed by atoms with Crippen LogP contribution in [0.4, 0.5) is 0 Å². The molecule has 0 unspecified atom stereocenters. The van der Waals surface area contributed by atoms with Crippen LogP contribution in [0.15, 0.2) is 18.2 Å². The van der Waals surface area contributed by atoms with Crippen molar-refractivity contribution in [1.82, 2.24) is 10.2 Å². The highest BCUT2D eigenvalue weighted by atomic mass is 35.5. The first-order valence-electron chi connectivity index (χ1n) is 7.51. The van der Waals surface area contributed by atoms with Gasteiger partial charge >= 0.3 is 0 Å². The van der Waals surface area contributed by atoms with Crippen LogP contribution in [-0.2, 0) is 4.79 Å². The molecule has 0 spiro atoms. The van der Waals surface area contributed by atoms with Gasteiger partial charge in [-0.3, -0.25) is 4.79 Å². The van der Waals surface area contributed by atoms with Crippen molar-refractivity contribution in [3.63, 3.8) is 0 Å². The molecule has 0 aromatic heterocycles. The first-order chi connectivity index (χ1) is 10.1. The van der Waals surface area contributed by atoms with E-state index in [2.05, 4.69) is 5.32 Å². The van der Waals surface area contributed by atoms with E-state index in [1.807, 2.05) is 24.1 Å². The van der Waals surface area contributed by atoms with Crippen molar-refractivity contribution < 1.29 is 4.79 Å². The van der Waals surface area contributed by atoms with E-state index in [-0.39, 0.29) is 17.7 Å². The van der Waals surface area contributed by atoms with E-state index < -0.39 is 0 Å². The van der Waals surface area contributed by atoms with E-state index in [4.69, 9.17) is 23.2 Å². The predicted molar refractivity (Wildman–Crippen MR) is 86.0 cm³/mol. The van der Waals surface area contributed by atoms with Crippen LogP contribution in [0.2, 0.25) is 10.0 Å². The minimum atomic E-state index is 0.0899. The number of rotatable bonds is 3. The monoisotopic (exact) mass is 326 g/mol. The minimum absolute atomic E-state index is 0.0899. The third-order valence-corrected chi connectivity index (χ3v) is 5.54. The Morgan fingerprint density at radius 1 is 1.29 bits per heavy atom. The van der Waals surface area contributed by atoms with Crippen molar-refractivity contribution in [2.24, 2.45) is 5.92 Å². The first-order valence-corrected chi connectivity index (χ1v) is 8.27. The lowest BCUT2D eigenvalue weighted by Gasteiger charge is -2.32. The maximum atomic E-state index is 12.6. The summed E-state index contributed by atoms with van der Waals surface area (Å²) in [6.07, 6.45) is 2.97. The van der Waals surface area contributed by atoms with Gasteiger partial charge in [0.1, 0.15) is 0 Å². The molecule has 21 heavy (non-hydrogen) atoms. The van der Waals surface area contributed by atoms with Crippen molar-refractivity contribution in [2.45, 2.75) is 31.2 Å². The van der Waals surface area contributed by atoms with E-state index in [0.29, 0.717) is 16.1 Å². The minimum Gasteiger partial charge on any atom is -0.342 e. The quantitative estimate of drug-likeness (QED) is 0.924. The number of piperidine rings is 1. The molecule has 3 rings (SSSR count). The van der Waals surface area contributed by atoms with Gasteiger partial charge in [0.2, 0.25) is 5.91 Å². The second-order valence-electron chi connectivity index (χ2n) is 5.98. The summed E-state index contributed by atoms with van der Waals surface area (Å²) in [5, 5.41) is 4.46. The molecule has 0 radical (unpaired) electrons. The number of likely N-dealkylation sites (tertiary alicyclic amines) is 1. The maximum Gasteiger partial charge on any atom is 0.226 e. The zero-order valence-electron chi connectivity index (χ0n) is 12.1. The standard InChI is InChI=1S/C16H20Cl2N2O/c1-19-10-5-7-20(8-6-10)16(21)13-9-12(13)11-3-2-4-14(17)15(11)18/h2-4,10,12-13,19H,5-9H2,1H3/t12-,13+/m1/s1. The lowest BCUT2D eigenvalue weighted by Crippen LogP contribution is -2.44. The molecule has 2 aliphatic rings. The number of halogens is 2. The Labute approximate surface area is 135 Å². The van der Waals surface area contributed by atoms with Crippen molar-refractivity contribution in [3.8, 4) is 0 Å². The van der Waals surface area contributed by atoms with Gasteiger partial charge in [0.15, 0.2) is 0 Å². The van der Waals surface area contributed by atoms with E-state index in [1.54, 1.807) is 6.07 Å². The average molecular weight is 327 g/mol. The summed E-state index contributed by atoms with van der Waals surface area (Å²) in [6.45, 7) is 1.72. The number of amides is 1. The van der Waals surface area contributed by atoms with Crippen molar-refractivity contribution in [3.05, 3.63) is 33.8 Å². The van der Waals surface area contributed by atoms with Gasteiger partial charge in [-0.1, -0.05) is 35.3 Å². The molecule has 1 aliphatic carbocycles. The highest BCUT2D eigenvalue weighted by Gasteiger charge is 2.47. The van der Waals surface area contributed by atoms with Crippen molar-refractivity contribution in [2.75, 3.05) is 20.1 Å². The zero-order chi connectivity index (χ0) is 15.0. The van der Waals surface area contributed by atoms with Gasteiger partial charge in [-0.25, -0.2) is 0 Å². The van der Waals surface area contributed by atoms with Crippen LogP contribution in [0.25, 0.3) is 0 Å². The Hall–Kier alpha value is -0.770. The number of hydrogen-bond acceptors (Lipinski definition) is 2. The zero-order valence-corrected chi connectivity index (χ0v) is 13.6. The molecule has 1 heterocycles. The molecule has 1 saturated heterocycles. The summed E-state index contributed by atoms with van der Waals surface area (Å²) < 4.78 is 0. The third-order valence-electron chi connectivity index (χ3n) is 4.70. The highest BCUT2D eigenvalue weighted by molar-refractivity contribution is 6.42. The average Bonchev–Trinajstić information content (AvgIpc) is 3.30. The lowest BCUT2D eigenvalue weighted by molar-refractivity contribution is -0.133. The Bertz CT molecular complexity index is 541. The van der Waals surface area contributed by atoms with Crippen molar-refractivity contribution >= 4 is 29.1 Å². The molecular formula is C16H20Cl2N2O. The fourth-order valence-corrected chi connectivity index (χ4v) is 3.69. The fraction of sp³-hybridized carbons (Fsp3) is 0.562. The Morgan fingerprint density at radius 3 is 2.67 bits per heavy atom. The molecule has 3 nitrogen and oxygen atoms in total. The molecule has 5 heteroatoms. The molecule has 2 atom stereocenters. The molecular weight excluding hydrogens is 307 g/mol. The van der Waals surface area contributed by atoms with Crippen LogP contribution in [0.5, 0.6) is 0 Å². The number of carbonyl (C=O) groups is 1. The van der Waals surface area contributed by atoms with Gasteiger partial charge in [0.05, 0.1) is 10.0 Å². The van der Waals surface area contributed by atoms with Gasteiger partial charge in [-0.15, -0.1) is 0 Å². The molecule has 1 saturated carbocycles. The first kappa shape index (κ1) is 15.1. The highest BCUT2D eigenvalue weighted by Crippen LogP contribution is 2.51. The second kappa shape index (κ2) is 6.15. The molecule has 2 fully saturated rings. The van der Waals surface area contributed by atoms with Gasteiger partial charge in [-0.2, -0.15) is 0 Å². The summed E-state index contributed by atoms with van der Waals surface area (Å²) in [4.78, 5) is 14.6. The summed E-state index contributed by atoms with van der Waals surface area (Å²) >= 11 is 12.3. The van der Waals surface area contributed by atoms with Crippen LogP contribution >= 0.6 is 23.2 Å². The normalized spacial score (nSPS) is 26.0. The molecule has 1 N–H and O–H groups in total. The maximum absolute atomic E-state index is 12.6. The predicted octanol–water partition coefficient (Wildman–Crippen LogP) is 3.31. The molecule has 0 bridgehead atoms. The van der Waals surface area contributed by atoms with Crippen molar-refractivity contribution in [1.29, 1.82) is 0 Å². The summed E-state index contributed by atoms with van der Waals surface area (Å²) in [5.74, 6) is 0.614. The SMILES string of the molecule is CNC1CCN(C(=O)[C@H]2C[C@@H]2c2cccc(Cl)c2Cl)CC1. The Morgan fingerprint density at radius 2 is 2.00 bits per heavy atom. The topological polar surface area (TPSA) is 32.3 Å². The molecule has 114 valence electrons. The molecule has 1 aromatic carbocycles. The Balaban J connectivity index is 1.63. The molecule has 1 aliphatic heterocycles. The molecule has 1 aromatic rings. The van der Waals surface area contributed by atoms with Crippen LogP contribution in [0.3, 0.4) is 0 Å². The lowest BCUT2D eigenvalue weighted by atomic mass is 10.0. The summed E-state index contributed by atoms with van der Waals surface area (Å²) in [6, 6.07) is 6.22. The van der Waals surface area contributed by atoms with E-state index in [0.717, 1.165) is 37.9 Å². The van der Waals surface area contributed by atoms with Crippen LogP contribution < -0.4 is 5.32 Å². The molecule has 1 amide bonds. The van der Waals surface area contributed by atoms with E-state index in [1.165, 1.54) is 0 Å². The third kappa shape index (κ3) is 3.05. The summed E-state index contributed by atoms with van der Waals surface area (Å²) in [5.41, 5.74) is 1.02. The van der Waals surface area contributed by atoms with Gasteiger partial charge in [0.25, 0.3) is 0 Å². The smallest absolute Gasteiger partial charge is 0.226 e. The number of carbonyl (C=O) groups excluding carboxylic acids is 1. The van der Waals surface area contributed by atoms with Crippen LogP contribution in [-0.4, -0.2) is 37.0 Å². The number of benzene rings is 1. The van der Waals surface area contributed by atoms with Gasteiger partial charge in [0, 0.05) is 25.0 Å². The Kier molecular flexibility index (Phi) is 4.43. The largest absolute Gasteiger partial charge is 0.342 e. The van der Waals surface area contributed by atoms with E-state index >= 15 is 0 Å². The van der Waals surface area contributed by atoms with Gasteiger partial charge in [-0.05, 0) is 43.9 Å². The van der Waals surface area contributed by atoms with Gasteiger partial charge < -0.3 is 10.2 Å². The number of nitrogens with one attached hydrogen (secondary N) is 1. The fourth-order valence-electron chi connectivity index (χ4n) is 3.24. The van der Waals surface area contributed by atoms with E-state index in [9.17, 15) is 4.79 Å². The van der Waals surface area contributed by atoms with Crippen LogP contribution in [0.1, 0.15) is 30.7 Å². The van der Waals surface area contributed by atoms with Crippen LogP contribution in [0, 0.1) is 5.92 Å². The second-order valence-corrected chi connectivity index (χ2v) is 6.77. The number of hydrogen-bond donors (Lipinski definition) is 1.